The van der Waals surface area contributed by atoms with Crippen LogP contribution in [0.25, 0.3) is 0 Å². The molecule has 9 nitrogen and oxygen atoms in total. The Morgan fingerprint density at radius 2 is 1.47 bits per heavy atom. The first-order valence-corrected chi connectivity index (χ1v) is 17.1. The first-order chi connectivity index (χ1) is 22.7. The summed E-state index contributed by atoms with van der Waals surface area (Å²) >= 11 is 0. The molecule has 47 heavy (non-hydrogen) atoms. The van der Waals surface area contributed by atoms with Crippen LogP contribution in [-0.4, -0.2) is 58.5 Å². The van der Waals surface area contributed by atoms with Crippen LogP contribution in [0.15, 0.2) is 108 Å². The maximum Gasteiger partial charge on any atom is 0.264 e. The number of unbranched alkanes of at least 4 members (excludes halogenated alkanes) is 1. The molecule has 2 amide bonds. The Morgan fingerprint density at radius 3 is 2.11 bits per heavy atom. The molecule has 0 aromatic heterocycles. The minimum Gasteiger partial charge on any atom is -0.493 e. The van der Waals surface area contributed by atoms with Crippen molar-refractivity contribution in [2.24, 2.45) is 0 Å². The normalized spacial score (nSPS) is 11.7. The summed E-state index contributed by atoms with van der Waals surface area (Å²) in [6.45, 7) is 4.04. The summed E-state index contributed by atoms with van der Waals surface area (Å²) in [5.41, 5.74) is 3.01. The number of hydrogen-bond acceptors (Lipinski definition) is 6. The molecule has 4 rings (SSSR count). The minimum atomic E-state index is -4.29. The molecule has 4 aromatic rings. The smallest absolute Gasteiger partial charge is 0.264 e. The van der Waals surface area contributed by atoms with E-state index in [-0.39, 0.29) is 29.5 Å². The highest BCUT2D eigenvalue weighted by atomic mass is 32.2. The van der Waals surface area contributed by atoms with Gasteiger partial charge < -0.3 is 19.7 Å². The van der Waals surface area contributed by atoms with E-state index in [1.54, 1.807) is 30.3 Å². The fraction of sp³-hybridized carbons (Fsp3) is 0.297. The summed E-state index contributed by atoms with van der Waals surface area (Å²) in [5.74, 6) is -0.208. The van der Waals surface area contributed by atoms with Gasteiger partial charge in [0, 0.05) is 25.6 Å². The van der Waals surface area contributed by atoms with Crippen LogP contribution in [-0.2, 0) is 32.6 Å². The molecule has 4 aromatic carbocycles. The van der Waals surface area contributed by atoms with Gasteiger partial charge in [0.1, 0.15) is 12.6 Å². The van der Waals surface area contributed by atoms with E-state index >= 15 is 0 Å². The number of benzene rings is 4. The van der Waals surface area contributed by atoms with Crippen LogP contribution in [0.5, 0.6) is 11.5 Å². The maximum atomic E-state index is 14.6. The van der Waals surface area contributed by atoms with Gasteiger partial charge in [0.2, 0.25) is 11.8 Å². The second-order valence-corrected chi connectivity index (χ2v) is 13.1. The van der Waals surface area contributed by atoms with Gasteiger partial charge in [0.25, 0.3) is 10.0 Å². The van der Waals surface area contributed by atoms with Gasteiger partial charge in [-0.2, -0.15) is 0 Å². The summed E-state index contributed by atoms with van der Waals surface area (Å²) < 4.78 is 40.4. The van der Waals surface area contributed by atoms with Gasteiger partial charge in [-0.15, -0.1) is 0 Å². The number of aryl methyl sites for hydroxylation is 1. The van der Waals surface area contributed by atoms with Crippen LogP contribution < -0.4 is 19.1 Å². The largest absolute Gasteiger partial charge is 0.493 e. The molecule has 0 saturated heterocycles. The number of rotatable bonds is 16. The quantitative estimate of drug-likeness (QED) is 0.154. The highest BCUT2D eigenvalue weighted by Gasteiger charge is 2.35. The molecule has 0 unspecified atom stereocenters. The van der Waals surface area contributed by atoms with Gasteiger partial charge in [0.05, 0.1) is 24.8 Å². The Bertz CT molecular complexity index is 1730. The third-order valence-corrected chi connectivity index (χ3v) is 9.57. The molecule has 0 aliphatic rings. The van der Waals surface area contributed by atoms with Gasteiger partial charge in [-0.05, 0) is 48.7 Å². The van der Waals surface area contributed by atoms with Crippen LogP contribution in [0.1, 0.15) is 36.5 Å². The van der Waals surface area contributed by atoms with E-state index < -0.39 is 28.5 Å². The zero-order valence-corrected chi connectivity index (χ0v) is 28.2. The number of anilines is 1. The van der Waals surface area contributed by atoms with Crippen LogP contribution in [0.2, 0.25) is 0 Å². The molecule has 0 spiro atoms. The molecule has 248 valence electrons. The molecule has 10 heteroatoms. The van der Waals surface area contributed by atoms with E-state index in [4.69, 9.17) is 9.47 Å². The van der Waals surface area contributed by atoms with Gasteiger partial charge >= 0.3 is 0 Å². The van der Waals surface area contributed by atoms with E-state index in [0.29, 0.717) is 18.0 Å². The number of nitrogens with zero attached hydrogens (tertiary/aromatic N) is 2. The average Bonchev–Trinajstić information content (AvgIpc) is 3.09. The van der Waals surface area contributed by atoms with Crippen molar-refractivity contribution in [1.82, 2.24) is 10.2 Å². The number of amides is 2. The minimum absolute atomic E-state index is 0.0739. The molecular weight excluding hydrogens is 614 g/mol. The molecule has 0 heterocycles. The molecule has 1 atom stereocenters. The van der Waals surface area contributed by atoms with Crippen molar-refractivity contribution in [2.75, 3.05) is 31.6 Å². The zero-order valence-electron chi connectivity index (χ0n) is 27.4. The van der Waals surface area contributed by atoms with E-state index in [1.165, 1.54) is 37.3 Å². The van der Waals surface area contributed by atoms with Crippen molar-refractivity contribution in [1.29, 1.82) is 0 Å². The summed E-state index contributed by atoms with van der Waals surface area (Å²) in [6.07, 6.45) is 1.95. The molecule has 0 aliphatic carbocycles. The monoisotopic (exact) mass is 657 g/mol. The van der Waals surface area contributed by atoms with Crippen LogP contribution >= 0.6 is 0 Å². The number of sulfonamides is 1. The second-order valence-electron chi connectivity index (χ2n) is 11.2. The number of ether oxygens (including phenoxy) is 2. The number of carbonyl (C=O) groups excluding carboxylic acids is 2. The lowest BCUT2D eigenvalue weighted by atomic mass is 10.0. The van der Waals surface area contributed by atoms with Gasteiger partial charge in [-0.1, -0.05) is 91.7 Å². The van der Waals surface area contributed by atoms with E-state index in [0.717, 1.165) is 33.8 Å². The molecule has 0 fully saturated rings. The molecule has 0 aliphatic heterocycles. The summed E-state index contributed by atoms with van der Waals surface area (Å²) in [4.78, 5) is 29.9. The lowest BCUT2D eigenvalue weighted by Crippen LogP contribution is -2.53. The number of hydrogen-bond donors (Lipinski definition) is 1. The first kappa shape index (κ1) is 35.0. The van der Waals surface area contributed by atoms with Crippen molar-refractivity contribution in [3.8, 4) is 11.5 Å². The number of methoxy groups -OCH3 is 2. The lowest BCUT2D eigenvalue weighted by molar-refractivity contribution is -0.140. The maximum absolute atomic E-state index is 14.6. The third-order valence-electron chi connectivity index (χ3n) is 7.80. The Kier molecular flexibility index (Phi) is 12.4. The van der Waals surface area contributed by atoms with Crippen LogP contribution in [0.4, 0.5) is 5.69 Å². The van der Waals surface area contributed by atoms with Gasteiger partial charge in [0.15, 0.2) is 11.5 Å². The van der Waals surface area contributed by atoms with Crippen molar-refractivity contribution in [3.05, 3.63) is 120 Å². The Morgan fingerprint density at radius 1 is 0.809 bits per heavy atom. The van der Waals surface area contributed by atoms with Crippen LogP contribution in [0.3, 0.4) is 0 Å². The summed E-state index contributed by atoms with van der Waals surface area (Å²) in [7, 11) is -1.40. The Balaban J connectivity index is 1.79. The number of carbonyl (C=O) groups is 2. The van der Waals surface area contributed by atoms with Crippen LogP contribution in [0, 0.1) is 6.92 Å². The van der Waals surface area contributed by atoms with Gasteiger partial charge in [-0.25, -0.2) is 8.42 Å². The first-order valence-electron chi connectivity index (χ1n) is 15.6. The van der Waals surface area contributed by atoms with Gasteiger partial charge in [-0.3, -0.25) is 13.9 Å². The third kappa shape index (κ3) is 9.13. The van der Waals surface area contributed by atoms with E-state index in [9.17, 15) is 18.0 Å². The SMILES string of the molecule is CCCCNC(=O)[C@@H](Cc1ccccc1)N(Cc1cccc(C)c1)C(=O)CN(c1ccccc1)S(=O)(=O)c1ccc(OC)c(OC)c1. The standard InChI is InChI=1S/C37H43N3O6S/c1-5-6-22-38-37(42)33(24-29-15-9-7-10-16-29)39(26-30-17-13-14-28(2)23-30)36(41)27-40(31-18-11-8-12-19-31)47(43,44)32-20-21-34(45-3)35(25-32)46-4/h7-21,23,25,33H,5-6,22,24,26-27H2,1-4H3,(H,38,42)/t33-/m1/s1. The zero-order chi connectivity index (χ0) is 33.8. The van der Waals surface area contributed by atoms with E-state index in [2.05, 4.69) is 5.32 Å². The molecule has 1 N–H and O–H groups in total. The van der Waals surface area contributed by atoms with Crippen molar-refractivity contribution in [2.45, 2.75) is 50.6 Å². The van der Waals surface area contributed by atoms with E-state index in [1.807, 2.05) is 68.4 Å². The number of nitrogens with one attached hydrogen (secondary N) is 1. The summed E-state index contributed by atoms with van der Waals surface area (Å²) in [6, 6.07) is 29.1. The fourth-order valence-corrected chi connectivity index (χ4v) is 6.72. The Hall–Kier alpha value is -4.83. The fourth-order valence-electron chi connectivity index (χ4n) is 5.29. The second kappa shape index (κ2) is 16.6. The topological polar surface area (TPSA) is 105 Å². The number of para-hydroxylation sites is 1. The van der Waals surface area contributed by atoms with Crippen molar-refractivity contribution in [3.63, 3.8) is 0 Å². The van der Waals surface area contributed by atoms with Crippen molar-refractivity contribution < 1.29 is 27.5 Å². The Labute approximate surface area is 278 Å². The molecule has 0 bridgehead atoms. The highest BCUT2D eigenvalue weighted by Crippen LogP contribution is 2.32. The average molecular weight is 658 g/mol. The predicted molar refractivity (Wildman–Crippen MR) is 184 cm³/mol. The predicted octanol–water partition coefficient (Wildman–Crippen LogP) is 5.76. The molecule has 0 saturated carbocycles. The lowest BCUT2D eigenvalue weighted by Gasteiger charge is -2.34. The highest BCUT2D eigenvalue weighted by molar-refractivity contribution is 7.92. The molecule has 0 radical (unpaired) electrons. The van der Waals surface area contributed by atoms with Crippen molar-refractivity contribution >= 4 is 27.5 Å². The summed E-state index contributed by atoms with van der Waals surface area (Å²) in [5, 5.41) is 3.01. The molecular formula is C37H43N3O6S.